The van der Waals surface area contributed by atoms with Crippen LogP contribution in [0.4, 0.5) is 9.59 Å². The summed E-state index contributed by atoms with van der Waals surface area (Å²) < 4.78 is 0. The highest BCUT2D eigenvalue weighted by Crippen LogP contribution is 2.33. The summed E-state index contributed by atoms with van der Waals surface area (Å²) >= 11 is 0. The molecule has 0 bridgehead atoms. The minimum atomic E-state index is -1.62. The molecule has 6 rings (SSSR count). The highest BCUT2D eigenvalue weighted by molar-refractivity contribution is 6.14. The normalized spacial score (nSPS) is 20.2. The van der Waals surface area contributed by atoms with E-state index in [1.807, 2.05) is 24.3 Å². The molecule has 0 saturated carbocycles. The molecule has 14 heteroatoms. The van der Waals surface area contributed by atoms with E-state index in [4.69, 9.17) is 0 Å². The third-order valence-corrected chi connectivity index (χ3v) is 10.7. The standard InChI is InChI=1S/C38H42N4O10/c43-31-19-17-29(35(47)41(31)37(49)50)39-21-27-23(13-9-15-25(27)33(39)45)11-7-5-3-1-2-4-6-8-12-24-14-10-16-26-28(24)22-40(34(26)46)30-18-20-32(44)42(36(30)48)38(51)52/h9-10,13-16,29-30H,1-8,11-12,17-22H2,(H,49,50)(H,51,52). The number of fused-ring (bicyclic) bond motifs is 2. The molecule has 0 aliphatic carbocycles. The molecule has 2 N–H and O–H groups in total. The zero-order chi connectivity index (χ0) is 37.1. The average Bonchev–Trinajstić information content (AvgIpc) is 3.62. The molecule has 2 aromatic carbocycles. The fraction of sp³-hybridized carbons (Fsp3) is 0.474. The Balaban J connectivity index is 0.904. The van der Waals surface area contributed by atoms with Gasteiger partial charge in [-0.3, -0.25) is 28.8 Å². The van der Waals surface area contributed by atoms with Gasteiger partial charge in [0.15, 0.2) is 0 Å². The largest absolute Gasteiger partial charge is 0.464 e. The molecule has 4 aliphatic heterocycles. The number of aryl methyl sites for hydroxylation is 2. The number of hydrogen-bond acceptors (Lipinski definition) is 8. The molecule has 2 unspecified atom stereocenters. The number of carboxylic acid groups (broad SMARTS) is 2. The van der Waals surface area contributed by atoms with E-state index in [2.05, 4.69) is 0 Å². The van der Waals surface area contributed by atoms with Crippen LogP contribution < -0.4 is 0 Å². The molecule has 0 radical (unpaired) electrons. The predicted molar refractivity (Wildman–Crippen MR) is 183 cm³/mol. The Kier molecular flexibility index (Phi) is 10.8. The lowest BCUT2D eigenvalue weighted by Gasteiger charge is -2.33. The molecule has 274 valence electrons. The van der Waals surface area contributed by atoms with Gasteiger partial charge in [-0.1, -0.05) is 62.8 Å². The summed E-state index contributed by atoms with van der Waals surface area (Å²) in [6.07, 6.45) is 6.60. The van der Waals surface area contributed by atoms with Crippen molar-refractivity contribution in [3.63, 3.8) is 0 Å². The Morgan fingerprint density at radius 2 is 0.923 bits per heavy atom. The number of hydrogen-bond donors (Lipinski definition) is 2. The van der Waals surface area contributed by atoms with E-state index in [0.29, 0.717) is 11.1 Å². The van der Waals surface area contributed by atoms with Gasteiger partial charge in [-0.05, 0) is 72.9 Å². The molecule has 52 heavy (non-hydrogen) atoms. The van der Waals surface area contributed by atoms with Crippen molar-refractivity contribution in [3.05, 3.63) is 69.8 Å². The molecule has 2 aromatic rings. The van der Waals surface area contributed by atoms with Gasteiger partial charge in [0.05, 0.1) is 0 Å². The van der Waals surface area contributed by atoms with Gasteiger partial charge in [-0.25, -0.2) is 9.59 Å². The summed E-state index contributed by atoms with van der Waals surface area (Å²) in [4.78, 5) is 102. The maximum absolute atomic E-state index is 13.2. The minimum absolute atomic E-state index is 0.107. The zero-order valence-electron chi connectivity index (χ0n) is 28.9. The minimum Gasteiger partial charge on any atom is -0.464 e. The summed E-state index contributed by atoms with van der Waals surface area (Å²) in [5.41, 5.74) is 4.87. The maximum Gasteiger partial charge on any atom is 0.421 e. The summed E-state index contributed by atoms with van der Waals surface area (Å²) in [6, 6.07) is 9.15. The van der Waals surface area contributed by atoms with Crippen LogP contribution in [0.1, 0.15) is 120 Å². The van der Waals surface area contributed by atoms with Crippen molar-refractivity contribution in [1.29, 1.82) is 0 Å². The molecule has 2 atom stereocenters. The number of piperidine rings is 2. The van der Waals surface area contributed by atoms with Gasteiger partial charge in [-0.2, -0.15) is 9.80 Å². The number of likely N-dealkylation sites (tertiary alicyclic amines) is 2. The van der Waals surface area contributed by atoms with Crippen molar-refractivity contribution < 1.29 is 48.6 Å². The van der Waals surface area contributed by atoms with Crippen LogP contribution in [0.2, 0.25) is 0 Å². The van der Waals surface area contributed by atoms with Gasteiger partial charge in [-0.15, -0.1) is 0 Å². The predicted octanol–water partition coefficient (Wildman–Crippen LogP) is 4.90. The first-order chi connectivity index (χ1) is 25.0. The molecule has 4 aliphatic rings. The van der Waals surface area contributed by atoms with E-state index in [-0.39, 0.29) is 60.4 Å². The van der Waals surface area contributed by atoms with Gasteiger partial charge in [0.2, 0.25) is 11.8 Å². The molecule has 2 fully saturated rings. The Morgan fingerprint density at radius 3 is 1.29 bits per heavy atom. The summed E-state index contributed by atoms with van der Waals surface area (Å²) in [7, 11) is 0. The number of imide groups is 6. The number of unbranched alkanes of at least 4 members (excludes halogenated alkanes) is 7. The first-order valence-corrected chi connectivity index (χ1v) is 18.0. The molecule has 4 heterocycles. The second kappa shape index (κ2) is 15.5. The fourth-order valence-corrected chi connectivity index (χ4v) is 8.02. The van der Waals surface area contributed by atoms with E-state index >= 15 is 0 Å². The van der Waals surface area contributed by atoms with E-state index in [0.717, 1.165) is 86.5 Å². The Morgan fingerprint density at radius 1 is 0.558 bits per heavy atom. The van der Waals surface area contributed by atoms with Crippen LogP contribution in [0.3, 0.4) is 0 Å². The average molecular weight is 715 g/mol. The molecule has 8 amide bonds. The van der Waals surface area contributed by atoms with E-state index in [1.165, 1.54) is 9.80 Å². The smallest absolute Gasteiger partial charge is 0.421 e. The number of benzene rings is 2. The summed E-state index contributed by atoms with van der Waals surface area (Å²) in [5, 5.41) is 18.7. The SMILES string of the molecule is O=C(O)N1C(=O)CCC(N2Cc3c(CCCCCCCCCCc4cccc5c4CN(C4CCC(=O)N(C(=O)O)C4=O)C5=O)cccc3C2=O)C1=O. The number of amides is 8. The zero-order valence-corrected chi connectivity index (χ0v) is 28.9. The van der Waals surface area contributed by atoms with Gasteiger partial charge in [0, 0.05) is 37.1 Å². The van der Waals surface area contributed by atoms with Gasteiger partial charge in [0.25, 0.3) is 23.6 Å². The Bertz CT molecular complexity index is 1710. The topological polar surface area (TPSA) is 190 Å². The van der Waals surface area contributed by atoms with Crippen LogP contribution >= 0.6 is 0 Å². The van der Waals surface area contributed by atoms with E-state index < -0.39 is 47.9 Å². The number of carbonyl (C=O) groups is 8. The Labute approximate surface area is 300 Å². The van der Waals surface area contributed by atoms with Crippen LogP contribution in [0.15, 0.2) is 36.4 Å². The van der Waals surface area contributed by atoms with Crippen molar-refractivity contribution in [2.75, 3.05) is 0 Å². The number of carbonyl (C=O) groups excluding carboxylic acids is 6. The third-order valence-electron chi connectivity index (χ3n) is 10.7. The van der Waals surface area contributed by atoms with Crippen molar-refractivity contribution in [1.82, 2.24) is 19.6 Å². The van der Waals surface area contributed by atoms with Crippen LogP contribution in [-0.2, 0) is 45.1 Å². The molecular formula is C38H42N4O10. The Hall–Kier alpha value is -5.40. The molecule has 0 aromatic heterocycles. The quantitative estimate of drug-likeness (QED) is 0.213. The lowest BCUT2D eigenvalue weighted by atomic mass is 9.97. The van der Waals surface area contributed by atoms with Gasteiger partial charge >= 0.3 is 12.2 Å². The third kappa shape index (κ3) is 7.06. The monoisotopic (exact) mass is 714 g/mol. The lowest BCUT2D eigenvalue weighted by molar-refractivity contribution is -0.150. The first kappa shape index (κ1) is 36.4. The first-order valence-electron chi connectivity index (χ1n) is 18.0. The molecular weight excluding hydrogens is 672 g/mol. The fourth-order valence-electron chi connectivity index (χ4n) is 8.02. The maximum atomic E-state index is 13.2. The lowest BCUT2D eigenvalue weighted by Crippen LogP contribution is -2.56. The van der Waals surface area contributed by atoms with Crippen molar-refractivity contribution in [2.24, 2.45) is 0 Å². The van der Waals surface area contributed by atoms with Crippen LogP contribution in [0, 0.1) is 0 Å². The second-order valence-electron chi connectivity index (χ2n) is 13.9. The second-order valence-corrected chi connectivity index (χ2v) is 13.9. The van der Waals surface area contributed by atoms with Crippen molar-refractivity contribution >= 4 is 47.6 Å². The summed E-state index contributed by atoms with van der Waals surface area (Å²) in [6.45, 7) is 0.438. The number of nitrogens with zero attached hydrogens (tertiary/aromatic N) is 4. The highest BCUT2D eigenvalue weighted by atomic mass is 16.4. The van der Waals surface area contributed by atoms with E-state index in [1.54, 1.807) is 12.1 Å². The molecule has 14 nitrogen and oxygen atoms in total. The summed E-state index contributed by atoms with van der Waals surface area (Å²) in [5.74, 6) is -3.91. The van der Waals surface area contributed by atoms with Crippen molar-refractivity contribution in [3.8, 4) is 0 Å². The molecule has 0 spiro atoms. The number of rotatable bonds is 13. The highest BCUT2D eigenvalue weighted by Gasteiger charge is 2.46. The van der Waals surface area contributed by atoms with Crippen LogP contribution in [0.5, 0.6) is 0 Å². The molecule has 2 saturated heterocycles. The van der Waals surface area contributed by atoms with Crippen LogP contribution in [-0.4, -0.2) is 89.5 Å². The van der Waals surface area contributed by atoms with Gasteiger partial charge < -0.3 is 20.0 Å². The van der Waals surface area contributed by atoms with Crippen LogP contribution in [0.25, 0.3) is 0 Å². The van der Waals surface area contributed by atoms with Gasteiger partial charge in [0.1, 0.15) is 12.1 Å². The van der Waals surface area contributed by atoms with Crippen molar-refractivity contribution in [2.45, 2.75) is 115 Å². The van der Waals surface area contributed by atoms with E-state index in [9.17, 15) is 48.6 Å².